The van der Waals surface area contributed by atoms with Gasteiger partial charge in [-0.05, 0) is 36.5 Å². The summed E-state index contributed by atoms with van der Waals surface area (Å²) in [6.07, 6.45) is 1.06. The van der Waals surface area contributed by atoms with Crippen LogP contribution in [0.3, 0.4) is 0 Å². The Morgan fingerprint density at radius 3 is 2.93 bits per heavy atom. The van der Waals surface area contributed by atoms with Crippen molar-refractivity contribution >= 4 is 11.7 Å². The number of aromatic carboxylic acids is 1. The molecule has 1 aromatic carbocycles. The molecule has 0 bridgehead atoms. The van der Waals surface area contributed by atoms with Crippen LogP contribution in [0.25, 0.3) is 0 Å². The van der Waals surface area contributed by atoms with Crippen molar-refractivity contribution in [3.05, 3.63) is 28.8 Å². The Hall–Kier alpha value is -1.51. The zero-order valence-electron chi connectivity index (χ0n) is 9.00. The first-order valence-electron chi connectivity index (χ1n) is 5.21. The molecule has 1 heterocycles. The van der Waals surface area contributed by atoms with E-state index in [0.29, 0.717) is 11.5 Å². The summed E-state index contributed by atoms with van der Waals surface area (Å²) in [6.45, 7) is 4.94. The molecule has 3 heteroatoms. The highest BCUT2D eigenvalue weighted by molar-refractivity contribution is 5.95. The lowest BCUT2D eigenvalue weighted by Gasteiger charge is -2.25. The molecule has 1 aromatic rings. The Morgan fingerprint density at radius 1 is 1.53 bits per heavy atom. The number of nitrogens with one attached hydrogen (secondary N) is 1. The van der Waals surface area contributed by atoms with Crippen molar-refractivity contribution < 1.29 is 9.90 Å². The van der Waals surface area contributed by atoms with Crippen LogP contribution in [-0.2, 0) is 0 Å². The van der Waals surface area contributed by atoms with Crippen LogP contribution < -0.4 is 5.32 Å². The Bertz CT molecular complexity index is 412. The summed E-state index contributed by atoms with van der Waals surface area (Å²) in [6, 6.07) is 3.81. The molecular weight excluding hydrogens is 190 g/mol. The first-order chi connectivity index (χ1) is 7.09. The van der Waals surface area contributed by atoms with Gasteiger partial charge in [0.05, 0.1) is 11.3 Å². The number of carbonyl (C=O) groups is 1. The van der Waals surface area contributed by atoms with Crippen LogP contribution in [0, 0.1) is 6.92 Å². The summed E-state index contributed by atoms with van der Waals surface area (Å²) in [5, 5.41) is 12.3. The number of anilines is 1. The van der Waals surface area contributed by atoms with E-state index >= 15 is 0 Å². The highest BCUT2D eigenvalue weighted by Gasteiger charge is 2.21. The van der Waals surface area contributed by atoms with E-state index in [0.717, 1.165) is 29.8 Å². The predicted octanol–water partition coefficient (Wildman–Crippen LogP) is 2.61. The fourth-order valence-corrected chi connectivity index (χ4v) is 2.14. The Kier molecular flexibility index (Phi) is 2.39. The lowest BCUT2D eigenvalue weighted by molar-refractivity contribution is 0.0697. The number of rotatable bonds is 1. The van der Waals surface area contributed by atoms with E-state index in [2.05, 4.69) is 18.3 Å². The van der Waals surface area contributed by atoms with Crippen molar-refractivity contribution in [2.45, 2.75) is 26.2 Å². The molecule has 2 N–H and O–H groups in total. The average Bonchev–Trinajstić information content (AvgIpc) is 2.18. The minimum absolute atomic E-state index is 0.400. The third-order valence-corrected chi connectivity index (χ3v) is 2.95. The van der Waals surface area contributed by atoms with E-state index in [1.807, 2.05) is 6.92 Å². The fraction of sp³-hybridized carbons (Fsp3) is 0.417. The van der Waals surface area contributed by atoms with Gasteiger partial charge in [0.2, 0.25) is 0 Å². The molecule has 2 rings (SSSR count). The van der Waals surface area contributed by atoms with E-state index in [4.69, 9.17) is 5.11 Å². The largest absolute Gasteiger partial charge is 0.478 e. The van der Waals surface area contributed by atoms with Crippen molar-refractivity contribution in [2.24, 2.45) is 0 Å². The zero-order valence-corrected chi connectivity index (χ0v) is 9.00. The van der Waals surface area contributed by atoms with Gasteiger partial charge in [0.1, 0.15) is 0 Å². The van der Waals surface area contributed by atoms with Crippen molar-refractivity contribution in [2.75, 3.05) is 11.9 Å². The first kappa shape index (κ1) is 10.0. The van der Waals surface area contributed by atoms with Crippen LogP contribution in [0.2, 0.25) is 0 Å². The molecule has 0 fully saturated rings. The summed E-state index contributed by atoms with van der Waals surface area (Å²) >= 11 is 0. The number of benzene rings is 1. The summed E-state index contributed by atoms with van der Waals surface area (Å²) in [4.78, 5) is 11.1. The second-order valence-electron chi connectivity index (χ2n) is 4.20. The van der Waals surface area contributed by atoms with E-state index in [-0.39, 0.29) is 0 Å². The summed E-state index contributed by atoms with van der Waals surface area (Å²) < 4.78 is 0. The predicted molar refractivity (Wildman–Crippen MR) is 59.7 cm³/mol. The molecule has 15 heavy (non-hydrogen) atoms. The lowest BCUT2D eigenvalue weighted by atomic mass is 9.89. The summed E-state index contributed by atoms with van der Waals surface area (Å²) in [5.74, 6) is -0.407. The second kappa shape index (κ2) is 3.57. The maximum absolute atomic E-state index is 11.1. The monoisotopic (exact) mass is 205 g/mol. The van der Waals surface area contributed by atoms with Crippen molar-refractivity contribution in [3.8, 4) is 0 Å². The first-order valence-corrected chi connectivity index (χ1v) is 5.21. The van der Waals surface area contributed by atoms with E-state index in [1.54, 1.807) is 6.07 Å². The molecule has 0 aromatic heterocycles. The van der Waals surface area contributed by atoms with Gasteiger partial charge in [-0.15, -0.1) is 0 Å². The highest BCUT2D eigenvalue weighted by atomic mass is 16.4. The maximum Gasteiger partial charge on any atom is 0.337 e. The normalized spacial score (nSPS) is 19.2. The van der Waals surface area contributed by atoms with Gasteiger partial charge in [-0.25, -0.2) is 4.79 Å². The molecule has 0 saturated carbocycles. The SMILES string of the molecule is Cc1cc(C(=O)O)c2c(c1)[C@@H](C)CCN2. The van der Waals surface area contributed by atoms with Gasteiger partial charge >= 0.3 is 5.97 Å². The number of carboxylic acids is 1. The lowest BCUT2D eigenvalue weighted by Crippen LogP contribution is -2.18. The average molecular weight is 205 g/mol. The molecule has 1 atom stereocenters. The fourth-order valence-electron chi connectivity index (χ4n) is 2.14. The molecular formula is C12H15NO2. The third kappa shape index (κ3) is 1.69. The number of hydrogen-bond acceptors (Lipinski definition) is 2. The molecule has 0 amide bonds. The van der Waals surface area contributed by atoms with Crippen LogP contribution >= 0.6 is 0 Å². The molecule has 0 spiro atoms. The third-order valence-electron chi connectivity index (χ3n) is 2.95. The number of aryl methyl sites for hydroxylation is 1. The molecule has 0 unspecified atom stereocenters. The van der Waals surface area contributed by atoms with Crippen LogP contribution in [0.1, 0.15) is 40.7 Å². The van der Waals surface area contributed by atoms with Crippen LogP contribution in [0.4, 0.5) is 5.69 Å². The number of hydrogen-bond donors (Lipinski definition) is 2. The molecule has 0 saturated heterocycles. The molecule has 0 radical (unpaired) electrons. The quantitative estimate of drug-likeness (QED) is 0.741. The minimum atomic E-state index is -0.850. The van der Waals surface area contributed by atoms with Gasteiger partial charge in [0.25, 0.3) is 0 Å². The molecule has 1 aliphatic heterocycles. The van der Waals surface area contributed by atoms with Gasteiger partial charge in [-0.1, -0.05) is 13.0 Å². The van der Waals surface area contributed by atoms with Crippen LogP contribution in [0.5, 0.6) is 0 Å². The molecule has 3 nitrogen and oxygen atoms in total. The second-order valence-corrected chi connectivity index (χ2v) is 4.20. The topological polar surface area (TPSA) is 49.3 Å². The standard InChI is InChI=1S/C12H15NO2/c1-7-5-9-8(2)3-4-13-11(9)10(6-7)12(14)15/h5-6,8,13H,3-4H2,1-2H3,(H,14,15)/t8-/m0/s1. The Balaban J connectivity index is 2.62. The number of carboxylic acid groups (broad SMARTS) is 1. The summed E-state index contributed by atoms with van der Waals surface area (Å²) in [7, 11) is 0. The summed E-state index contributed by atoms with van der Waals surface area (Å²) in [5.41, 5.74) is 3.36. The minimum Gasteiger partial charge on any atom is -0.478 e. The van der Waals surface area contributed by atoms with Crippen LogP contribution in [0.15, 0.2) is 12.1 Å². The molecule has 80 valence electrons. The van der Waals surface area contributed by atoms with Gasteiger partial charge in [0.15, 0.2) is 0 Å². The highest BCUT2D eigenvalue weighted by Crippen LogP contribution is 2.34. The smallest absolute Gasteiger partial charge is 0.337 e. The Labute approximate surface area is 89.1 Å². The maximum atomic E-state index is 11.1. The molecule has 0 aliphatic carbocycles. The zero-order chi connectivity index (χ0) is 11.0. The van der Waals surface area contributed by atoms with E-state index < -0.39 is 5.97 Å². The van der Waals surface area contributed by atoms with Crippen molar-refractivity contribution in [3.63, 3.8) is 0 Å². The van der Waals surface area contributed by atoms with E-state index in [9.17, 15) is 4.79 Å². The van der Waals surface area contributed by atoms with Gasteiger partial charge in [-0.3, -0.25) is 0 Å². The van der Waals surface area contributed by atoms with Gasteiger partial charge < -0.3 is 10.4 Å². The van der Waals surface area contributed by atoms with Crippen molar-refractivity contribution in [1.29, 1.82) is 0 Å². The van der Waals surface area contributed by atoms with Gasteiger partial charge in [-0.2, -0.15) is 0 Å². The van der Waals surface area contributed by atoms with Crippen LogP contribution in [-0.4, -0.2) is 17.6 Å². The van der Waals surface area contributed by atoms with Crippen molar-refractivity contribution in [1.82, 2.24) is 0 Å². The molecule has 1 aliphatic rings. The Morgan fingerprint density at radius 2 is 2.27 bits per heavy atom. The van der Waals surface area contributed by atoms with Gasteiger partial charge in [0, 0.05) is 6.54 Å². The van der Waals surface area contributed by atoms with E-state index in [1.165, 1.54) is 0 Å². The number of fused-ring (bicyclic) bond motifs is 1.